The zero-order chi connectivity index (χ0) is 23.6. The van der Waals surface area contributed by atoms with E-state index in [0.717, 1.165) is 43.9 Å². The van der Waals surface area contributed by atoms with E-state index >= 15 is 0 Å². The Bertz CT molecular complexity index is 986. The fourth-order valence-electron chi connectivity index (χ4n) is 4.06. The summed E-state index contributed by atoms with van der Waals surface area (Å²) in [5, 5.41) is 0. The fourth-order valence-corrected chi connectivity index (χ4v) is 4.06. The van der Waals surface area contributed by atoms with E-state index in [1.165, 1.54) is 18.2 Å². The summed E-state index contributed by atoms with van der Waals surface area (Å²) in [5.74, 6) is 1.40. The molecule has 11 heteroatoms. The van der Waals surface area contributed by atoms with Crippen molar-refractivity contribution in [3.8, 4) is 5.75 Å². The van der Waals surface area contributed by atoms with Gasteiger partial charge in [0.15, 0.2) is 0 Å². The Balaban J connectivity index is 1.43. The number of nitrogens with zero attached hydrogens (tertiary/aromatic N) is 6. The molecule has 2 saturated heterocycles. The standard InChI is InChI=1S/C22H27F3N6O2/c1-16-26-19(29-9-7-28(2)8-10-29)15-20(27-16)30-11-13-31(14-12-30)21(32)17-5-3-4-6-18(17)33-22(23,24)25/h3-6,15H,7-14H2,1-2H3. The molecule has 0 atom stereocenters. The highest BCUT2D eigenvalue weighted by molar-refractivity contribution is 5.97. The van der Waals surface area contributed by atoms with Gasteiger partial charge in [0.25, 0.3) is 5.91 Å². The summed E-state index contributed by atoms with van der Waals surface area (Å²) >= 11 is 0. The molecule has 2 aliphatic rings. The minimum atomic E-state index is -4.86. The number of anilines is 2. The van der Waals surface area contributed by atoms with Crippen LogP contribution in [0.2, 0.25) is 0 Å². The molecule has 0 N–H and O–H groups in total. The monoisotopic (exact) mass is 464 g/mol. The van der Waals surface area contributed by atoms with Crippen LogP contribution >= 0.6 is 0 Å². The largest absolute Gasteiger partial charge is 0.573 e. The molecule has 2 aliphatic heterocycles. The van der Waals surface area contributed by atoms with Gasteiger partial charge in [-0.2, -0.15) is 0 Å². The molecule has 1 aromatic heterocycles. The highest BCUT2D eigenvalue weighted by Crippen LogP contribution is 2.28. The smallest absolute Gasteiger partial charge is 0.405 e. The minimum Gasteiger partial charge on any atom is -0.405 e. The lowest BCUT2D eigenvalue weighted by Gasteiger charge is -2.37. The molecule has 0 radical (unpaired) electrons. The molecule has 4 rings (SSSR count). The molecule has 178 valence electrons. The van der Waals surface area contributed by atoms with E-state index in [4.69, 9.17) is 0 Å². The second kappa shape index (κ2) is 9.42. The third-order valence-electron chi connectivity index (χ3n) is 5.87. The van der Waals surface area contributed by atoms with Gasteiger partial charge in [-0.05, 0) is 26.1 Å². The molecular weight excluding hydrogens is 437 g/mol. The first-order valence-electron chi connectivity index (χ1n) is 10.9. The van der Waals surface area contributed by atoms with Crippen molar-refractivity contribution in [2.24, 2.45) is 0 Å². The summed E-state index contributed by atoms with van der Waals surface area (Å²) in [7, 11) is 2.10. The number of para-hydroxylation sites is 1. The SMILES string of the molecule is Cc1nc(N2CCN(C)CC2)cc(N2CCN(C(=O)c3ccccc3OC(F)(F)F)CC2)n1. The quantitative estimate of drug-likeness (QED) is 0.689. The van der Waals surface area contributed by atoms with Gasteiger partial charge in [-0.3, -0.25) is 4.79 Å². The molecule has 33 heavy (non-hydrogen) atoms. The van der Waals surface area contributed by atoms with E-state index in [2.05, 4.69) is 36.5 Å². The van der Waals surface area contributed by atoms with Gasteiger partial charge in [-0.25, -0.2) is 9.97 Å². The highest BCUT2D eigenvalue weighted by atomic mass is 19.4. The van der Waals surface area contributed by atoms with Gasteiger partial charge in [-0.1, -0.05) is 12.1 Å². The topological polar surface area (TPSA) is 65.0 Å². The Morgan fingerprint density at radius 1 is 0.909 bits per heavy atom. The molecule has 2 aromatic rings. The van der Waals surface area contributed by atoms with Gasteiger partial charge in [0.05, 0.1) is 5.56 Å². The Hall–Kier alpha value is -3.08. The first-order chi connectivity index (χ1) is 15.7. The maximum Gasteiger partial charge on any atom is 0.573 e. The normalized spacial score (nSPS) is 17.9. The summed E-state index contributed by atoms with van der Waals surface area (Å²) in [4.78, 5) is 30.2. The molecule has 3 heterocycles. The molecule has 2 fully saturated rings. The van der Waals surface area contributed by atoms with Crippen molar-refractivity contribution in [2.75, 3.05) is 69.2 Å². The number of halogens is 3. The second-order valence-corrected chi connectivity index (χ2v) is 8.25. The average Bonchev–Trinajstić information content (AvgIpc) is 2.78. The van der Waals surface area contributed by atoms with Gasteiger partial charge in [-0.15, -0.1) is 13.2 Å². The average molecular weight is 464 g/mol. The van der Waals surface area contributed by atoms with Gasteiger partial charge in [0.2, 0.25) is 0 Å². The van der Waals surface area contributed by atoms with Crippen LogP contribution in [-0.2, 0) is 0 Å². The lowest BCUT2D eigenvalue weighted by molar-refractivity contribution is -0.274. The number of aryl methyl sites for hydroxylation is 1. The summed E-state index contributed by atoms with van der Waals surface area (Å²) in [6.07, 6.45) is -4.86. The Morgan fingerprint density at radius 2 is 1.45 bits per heavy atom. The molecule has 1 amide bonds. The van der Waals surface area contributed by atoms with Crippen molar-refractivity contribution in [3.63, 3.8) is 0 Å². The predicted octanol–water partition coefficient (Wildman–Crippen LogP) is 2.40. The molecule has 8 nitrogen and oxygen atoms in total. The van der Waals surface area contributed by atoms with E-state index in [1.807, 2.05) is 13.0 Å². The number of benzene rings is 1. The summed E-state index contributed by atoms with van der Waals surface area (Å²) in [6, 6.07) is 7.41. The Morgan fingerprint density at radius 3 is 2.03 bits per heavy atom. The second-order valence-electron chi connectivity index (χ2n) is 8.25. The Kier molecular flexibility index (Phi) is 6.59. The predicted molar refractivity (Wildman–Crippen MR) is 118 cm³/mol. The van der Waals surface area contributed by atoms with E-state index in [9.17, 15) is 18.0 Å². The van der Waals surface area contributed by atoms with E-state index < -0.39 is 18.0 Å². The molecule has 0 aliphatic carbocycles. The van der Waals surface area contributed by atoms with Crippen molar-refractivity contribution < 1.29 is 22.7 Å². The van der Waals surface area contributed by atoms with Crippen LogP contribution in [-0.4, -0.2) is 91.4 Å². The first kappa shape index (κ1) is 23.1. The maximum atomic E-state index is 12.9. The summed E-state index contributed by atoms with van der Waals surface area (Å²) in [5.41, 5.74) is -0.0986. The number of amides is 1. The number of hydrogen-bond acceptors (Lipinski definition) is 7. The summed E-state index contributed by atoms with van der Waals surface area (Å²) in [6.45, 7) is 7.37. The van der Waals surface area contributed by atoms with Crippen molar-refractivity contribution in [3.05, 3.63) is 41.7 Å². The van der Waals surface area contributed by atoms with Crippen LogP contribution in [0.15, 0.2) is 30.3 Å². The van der Waals surface area contributed by atoms with E-state index in [-0.39, 0.29) is 5.56 Å². The van der Waals surface area contributed by atoms with Crippen molar-refractivity contribution in [2.45, 2.75) is 13.3 Å². The molecule has 0 saturated carbocycles. The number of rotatable bonds is 4. The van der Waals surface area contributed by atoms with Crippen LogP contribution < -0.4 is 14.5 Å². The number of alkyl halides is 3. The van der Waals surface area contributed by atoms with E-state index in [1.54, 1.807) is 4.90 Å². The highest BCUT2D eigenvalue weighted by Gasteiger charge is 2.34. The first-order valence-corrected chi connectivity index (χ1v) is 10.9. The lowest BCUT2D eigenvalue weighted by Crippen LogP contribution is -2.49. The van der Waals surface area contributed by atoms with E-state index in [0.29, 0.717) is 32.0 Å². The van der Waals surface area contributed by atoms with Crippen molar-refractivity contribution in [1.82, 2.24) is 19.8 Å². The van der Waals surface area contributed by atoms with Gasteiger partial charge in [0, 0.05) is 58.4 Å². The Labute approximate surface area is 190 Å². The van der Waals surface area contributed by atoms with Crippen LogP contribution in [0, 0.1) is 6.92 Å². The number of carbonyl (C=O) groups is 1. The zero-order valence-corrected chi connectivity index (χ0v) is 18.7. The number of carbonyl (C=O) groups excluding carboxylic acids is 1. The molecule has 1 aromatic carbocycles. The summed E-state index contributed by atoms with van der Waals surface area (Å²) < 4.78 is 42.2. The van der Waals surface area contributed by atoms with Crippen LogP contribution in [0.5, 0.6) is 5.75 Å². The molecule has 0 unspecified atom stereocenters. The van der Waals surface area contributed by atoms with Crippen LogP contribution in [0.3, 0.4) is 0 Å². The molecule has 0 bridgehead atoms. The number of ether oxygens (including phenoxy) is 1. The van der Waals surface area contributed by atoms with Crippen LogP contribution in [0.25, 0.3) is 0 Å². The van der Waals surface area contributed by atoms with Gasteiger partial charge < -0.3 is 24.3 Å². The third kappa shape index (κ3) is 5.65. The minimum absolute atomic E-state index is 0.0986. The number of aromatic nitrogens is 2. The van der Waals surface area contributed by atoms with Gasteiger partial charge >= 0.3 is 6.36 Å². The number of piperazine rings is 2. The number of likely N-dealkylation sites (N-methyl/N-ethyl adjacent to an activating group) is 1. The van der Waals surface area contributed by atoms with Crippen LogP contribution in [0.4, 0.5) is 24.8 Å². The maximum absolute atomic E-state index is 12.9. The zero-order valence-electron chi connectivity index (χ0n) is 18.7. The number of hydrogen-bond donors (Lipinski definition) is 0. The third-order valence-corrected chi connectivity index (χ3v) is 5.87. The van der Waals surface area contributed by atoms with Crippen LogP contribution in [0.1, 0.15) is 16.2 Å². The van der Waals surface area contributed by atoms with Crippen molar-refractivity contribution >= 4 is 17.5 Å². The molecule has 0 spiro atoms. The van der Waals surface area contributed by atoms with Crippen molar-refractivity contribution in [1.29, 1.82) is 0 Å². The fraction of sp³-hybridized carbons (Fsp3) is 0.500. The molecular formula is C22H27F3N6O2. The van der Waals surface area contributed by atoms with Gasteiger partial charge in [0.1, 0.15) is 23.2 Å². The lowest BCUT2D eigenvalue weighted by atomic mass is 10.1.